The van der Waals surface area contributed by atoms with Crippen molar-refractivity contribution in [1.82, 2.24) is 0 Å². The molecule has 0 saturated heterocycles. The van der Waals surface area contributed by atoms with E-state index in [1.54, 1.807) is 24.3 Å². The highest BCUT2D eigenvalue weighted by Gasteiger charge is 2.03. The van der Waals surface area contributed by atoms with Gasteiger partial charge >= 0.3 is 5.97 Å². The van der Waals surface area contributed by atoms with Gasteiger partial charge in [0, 0.05) is 0 Å². The Balaban J connectivity index is 2.97. The molecule has 13 heavy (non-hydrogen) atoms. The molecule has 0 atom stereocenters. The van der Waals surface area contributed by atoms with E-state index in [1.807, 2.05) is 0 Å². The summed E-state index contributed by atoms with van der Waals surface area (Å²) in [6, 6.07) is 6.87. The first-order valence-electron chi connectivity index (χ1n) is 3.71. The molecular weight excluding hydrogens is 170 g/mol. The molecule has 0 aliphatic carbocycles. The van der Waals surface area contributed by atoms with Gasteiger partial charge in [-0.15, -0.1) is 0 Å². The van der Waals surface area contributed by atoms with Crippen molar-refractivity contribution in [1.29, 1.82) is 0 Å². The highest BCUT2D eigenvalue weighted by atomic mass is 16.4. The van der Waals surface area contributed by atoms with E-state index in [-0.39, 0.29) is 6.42 Å². The first kappa shape index (κ1) is 9.25. The van der Waals surface area contributed by atoms with Crippen LogP contribution in [-0.2, 0) is 11.2 Å². The second-order valence-corrected chi connectivity index (χ2v) is 2.51. The van der Waals surface area contributed by atoms with Crippen molar-refractivity contribution in [2.24, 2.45) is 5.16 Å². The van der Waals surface area contributed by atoms with Crippen LogP contribution in [0.2, 0.25) is 0 Å². The molecule has 0 aromatic heterocycles. The summed E-state index contributed by atoms with van der Waals surface area (Å²) >= 11 is 0. The molecule has 0 amide bonds. The summed E-state index contributed by atoms with van der Waals surface area (Å²) < 4.78 is 0. The van der Waals surface area contributed by atoms with Gasteiger partial charge in [-0.1, -0.05) is 29.4 Å². The molecule has 0 radical (unpaired) electrons. The summed E-state index contributed by atoms with van der Waals surface area (Å²) in [6.45, 7) is 0. The lowest BCUT2D eigenvalue weighted by Gasteiger charge is -2.00. The van der Waals surface area contributed by atoms with Gasteiger partial charge in [0.25, 0.3) is 0 Å². The highest BCUT2D eigenvalue weighted by molar-refractivity contribution is 5.83. The van der Waals surface area contributed by atoms with E-state index >= 15 is 0 Å². The largest absolute Gasteiger partial charge is 0.481 e. The van der Waals surface area contributed by atoms with Crippen LogP contribution in [0.15, 0.2) is 29.4 Å². The summed E-state index contributed by atoms with van der Waals surface area (Å²) in [6.07, 6.45) is 1.15. The maximum Gasteiger partial charge on any atom is 0.307 e. The summed E-state index contributed by atoms with van der Waals surface area (Å²) in [5.41, 5.74) is 1.25. The predicted octanol–water partition coefficient (Wildman–Crippen LogP) is 1.12. The lowest BCUT2D eigenvalue weighted by atomic mass is 10.1. The molecule has 1 aromatic carbocycles. The molecule has 4 heteroatoms. The average molecular weight is 179 g/mol. The number of carboxylic acid groups (broad SMARTS) is 1. The van der Waals surface area contributed by atoms with E-state index in [4.69, 9.17) is 10.3 Å². The van der Waals surface area contributed by atoms with Crippen LogP contribution in [0.25, 0.3) is 0 Å². The topological polar surface area (TPSA) is 69.9 Å². The third kappa shape index (κ3) is 2.59. The second kappa shape index (κ2) is 4.25. The third-order valence-electron chi connectivity index (χ3n) is 1.59. The number of hydrogen-bond donors (Lipinski definition) is 2. The molecule has 1 aromatic rings. The fourth-order valence-electron chi connectivity index (χ4n) is 1.05. The minimum atomic E-state index is -0.904. The van der Waals surface area contributed by atoms with Crippen LogP contribution in [0.3, 0.4) is 0 Å². The summed E-state index contributed by atoms with van der Waals surface area (Å²) in [5, 5.41) is 19.7. The standard InChI is InChI=1S/C9H9NO3/c11-9(12)5-7-3-1-2-4-8(7)6-10-13/h1-4,6,13H,5H2,(H,11,12)/b10-6-. The van der Waals surface area contributed by atoms with Crippen molar-refractivity contribution in [3.8, 4) is 0 Å². The smallest absolute Gasteiger partial charge is 0.307 e. The van der Waals surface area contributed by atoms with Gasteiger partial charge in [-0.05, 0) is 11.1 Å². The van der Waals surface area contributed by atoms with Crippen LogP contribution in [-0.4, -0.2) is 22.5 Å². The van der Waals surface area contributed by atoms with Crippen molar-refractivity contribution < 1.29 is 15.1 Å². The third-order valence-corrected chi connectivity index (χ3v) is 1.59. The number of rotatable bonds is 3. The van der Waals surface area contributed by atoms with Crippen LogP contribution in [0.1, 0.15) is 11.1 Å². The second-order valence-electron chi connectivity index (χ2n) is 2.51. The number of carbonyl (C=O) groups is 1. The van der Waals surface area contributed by atoms with Crippen LogP contribution >= 0.6 is 0 Å². The molecule has 68 valence electrons. The quantitative estimate of drug-likeness (QED) is 0.415. The molecular formula is C9H9NO3. The minimum Gasteiger partial charge on any atom is -0.481 e. The zero-order valence-electron chi connectivity index (χ0n) is 6.84. The number of oxime groups is 1. The van der Waals surface area contributed by atoms with Crippen molar-refractivity contribution >= 4 is 12.2 Å². The average Bonchev–Trinajstić information content (AvgIpc) is 2.08. The fraction of sp³-hybridized carbons (Fsp3) is 0.111. The van der Waals surface area contributed by atoms with Crippen LogP contribution < -0.4 is 0 Å². The van der Waals surface area contributed by atoms with Gasteiger partial charge in [0.15, 0.2) is 0 Å². The highest BCUT2D eigenvalue weighted by Crippen LogP contribution is 2.06. The molecule has 0 bridgehead atoms. The van der Waals surface area contributed by atoms with E-state index in [0.717, 1.165) is 0 Å². The molecule has 0 aliphatic heterocycles. The van der Waals surface area contributed by atoms with Crippen molar-refractivity contribution in [2.45, 2.75) is 6.42 Å². The summed E-state index contributed by atoms with van der Waals surface area (Å²) in [5.74, 6) is -0.904. The Labute approximate surface area is 75.1 Å². The molecule has 0 aliphatic rings. The normalized spacial score (nSPS) is 10.5. The van der Waals surface area contributed by atoms with Gasteiger partial charge in [0.1, 0.15) is 0 Å². The van der Waals surface area contributed by atoms with Gasteiger partial charge in [-0.3, -0.25) is 4.79 Å². The summed E-state index contributed by atoms with van der Waals surface area (Å²) in [7, 11) is 0. The Morgan fingerprint density at radius 1 is 1.46 bits per heavy atom. The van der Waals surface area contributed by atoms with Gasteiger partial charge in [0.05, 0.1) is 12.6 Å². The van der Waals surface area contributed by atoms with Crippen LogP contribution in [0, 0.1) is 0 Å². The van der Waals surface area contributed by atoms with E-state index in [9.17, 15) is 4.79 Å². The molecule has 0 spiro atoms. The zero-order chi connectivity index (χ0) is 9.68. The number of benzene rings is 1. The number of carboxylic acids is 1. The SMILES string of the molecule is O=C(O)Cc1ccccc1/C=N\O. The Kier molecular flexibility index (Phi) is 3.03. The Bertz CT molecular complexity index is 333. The van der Waals surface area contributed by atoms with Crippen LogP contribution in [0.5, 0.6) is 0 Å². The van der Waals surface area contributed by atoms with Gasteiger partial charge in [0.2, 0.25) is 0 Å². The molecule has 4 nitrogen and oxygen atoms in total. The van der Waals surface area contributed by atoms with Gasteiger partial charge < -0.3 is 10.3 Å². The minimum absolute atomic E-state index is 0.0673. The molecule has 1 rings (SSSR count). The Morgan fingerprint density at radius 3 is 2.77 bits per heavy atom. The number of nitrogens with zero attached hydrogens (tertiary/aromatic N) is 1. The molecule has 0 heterocycles. The van der Waals surface area contributed by atoms with E-state index in [1.165, 1.54) is 6.21 Å². The van der Waals surface area contributed by atoms with E-state index < -0.39 is 5.97 Å². The van der Waals surface area contributed by atoms with E-state index in [0.29, 0.717) is 11.1 Å². The first-order chi connectivity index (χ1) is 6.24. The lowest BCUT2D eigenvalue weighted by Crippen LogP contribution is -2.02. The molecule has 0 fully saturated rings. The van der Waals surface area contributed by atoms with Crippen molar-refractivity contribution in [2.75, 3.05) is 0 Å². The lowest BCUT2D eigenvalue weighted by molar-refractivity contribution is -0.136. The Morgan fingerprint density at radius 2 is 2.15 bits per heavy atom. The predicted molar refractivity (Wildman–Crippen MR) is 47.2 cm³/mol. The summed E-state index contributed by atoms with van der Waals surface area (Å²) in [4.78, 5) is 10.4. The Hall–Kier alpha value is -1.84. The molecule has 0 unspecified atom stereocenters. The monoisotopic (exact) mass is 179 g/mol. The van der Waals surface area contributed by atoms with Crippen molar-refractivity contribution in [3.05, 3.63) is 35.4 Å². The fourth-order valence-corrected chi connectivity index (χ4v) is 1.05. The molecule has 0 saturated carbocycles. The van der Waals surface area contributed by atoms with Crippen LogP contribution in [0.4, 0.5) is 0 Å². The van der Waals surface area contributed by atoms with E-state index in [2.05, 4.69) is 5.16 Å². The maximum absolute atomic E-state index is 10.4. The maximum atomic E-state index is 10.4. The van der Waals surface area contributed by atoms with Gasteiger partial charge in [-0.25, -0.2) is 0 Å². The zero-order valence-corrected chi connectivity index (χ0v) is 6.84. The van der Waals surface area contributed by atoms with Gasteiger partial charge in [-0.2, -0.15) is 0 Å². The molecule has 2 N–H and O–H groups in total. The first-order valence-corrected chi connectivity index (χ1v) is 3.71. The van der Waals surface area contributed by atoms with Crippen molar-refractivity contribution in [3.63, 3.8) is 0 Å². The number of aliphatic carboxylic acids is 1. The number of hydrogen-bond acceptors (Lipinski definition) is 3.